The topological polar surface area (TPSA) is 72.6 Å². The Labute approximate surface area is 127 Å². The van der Waals surface area contributed by atoms with Crippen LogP contribution in [0.1, 0.15) is 32.8 Å². The zero-order valence-electron chi connectivity index (χ0n) is 12.9. The molecule has 1 saturated heterocycles. The largest absolute Gasteiger partial charge is 0.399 e. The van der Waals surface area contributed by atoms with Crippen LogP contribution in [0.25, 0.3) is 0 Å². The Hall–Kier alpha value is -1.11. The van der Waals surface area contributed by atoms with E-state index in [1.807, 2.05) is 20.8 Å². The van der Waals surface area contributed by atoms with Crippen LogP contribution in [-0.2, 0) is 21.2 Å². The van der Waals surface area contributed by atoms with Crippen LogP contribution in [0.5, 0.6) is 0 Å². The standard InChI is InChI=1S/C15H24N2O3S/c1-4-12-6-7-13(16)8-15(12)21(18,19)17-9-11(3)20-10-14(17)5-2/h6-8,11,14H,4-5,9-10,16H2,1-3H3. The zero-order chi connectivity index (χ0) is 15.6. The summed E-state index contributed by atoms with van der Waals surface area (Å²) >= 11 is 0. The van der Waals surface area contributed by atoms with Gasteiger partial charge in [0, 0.05) is 18.3 Å². The highest BCUT2D eigenvalue weighted by Crippen LogP contribution is 2.28. The maximum Gasteiger partial charge on any atom is 0.243 e. The Morgan fingerprint density at radius 2 is 2.10 bits per heavy atom. The van der Waals surface area contributed by atoms with Gasteiger partial charge in [0.05, 0.1) is 17.6 Å². The highest BCUT2D eigenvalue weighted by atomic mass is 32.2. The number of morpholine rings is 1. The maximum absolute atomic E-state index is 13.0. The van der Waals surface area contributed by atoms with Crippen LogP contribution in [0, 0.1) is 0 Å². The molecule has 0 aromatic heterocycles. The third kappa shape index (κ3) is 3.22. The van der Waals surface area contributed by atoms with Crippen molar-refractivity contribution < 1.29 is 13.2 Å². The quantitative estimate of drug-likeness (QED) is 0.863. The number of anilines is 1. The predicted octanol–water partition coefficient (Wildman–Crippen LogP) is 2.02. The number of aryl methyl sites for hydroxylation is 1. The lowest BCUT2D eigenvalue weighted by Crippen LogP contribution is -2.51. The van der Waals surface area contributed by atoms with Crippen molar-refractivity contribution in [3.8, 4) is 0 Å². The number of hydrogen-bond acceptors (Lipinski definition) is 4. The molecule has 0 amide bonds. The molecule has 2 rings (SSSR count). The van der Waals surface area contributed by atoms with Gasteiger partial charge in [0.25, 0.3) is 0 Å². The van der Waals surface area contributed by atoms with Crippen LogP contribution < -0.4 is 5.73 Å². The van der Waals surface area contributed by atoms with Crippen LogP contribution in [0.4, 0.5) is 5.69 Å². The molecule has 0 aliphatic carbocycles. The second-order valence-corrected chi connectivity index (χ2v) is 7.36. The Bertz CT molecular complexity index is 601. The first kappa shape index (κ1) is 16.3. The molecule has 118 valence electrons. The van der Waals surface area contributed by atoms with Crippen molar-refractivity contribution in [3.05, 3.63) is 23.8 Å². The third-order valence-corrected chi connectivity index (χ3v) is 5.95. The van der Waals surface area contributed by atoms with E-state index in [4.69, 9.17) is 10.5 Å². The number of nitrogens with zero attached hydrogens (tertiary/aromatic N) is 1. The van der Waals surface area contributed by atoms with Gasteiger partial charge in [0.1, 0.15) is 0 Å². The minimum Gasteiger partial charge on any atom is -0.399 e. The number of ether oxygens (including phenoxy) is 1. The molecule has 1 fully saturated rings. The van der Waals surface area contributed by atoms with E-state index in [1.54, 1.807) is 22.5 Å². The number of rotatable bonds is 4. The van der Waals surface area contributed by atoms with Crippen LogP contribution in [0.3, 0.4) is 0 Å². The summed E-state index contributed by atoms with van der Waals surface area (Å²) in [6.45, 7) is 6.66. The lowest BCUT2D eigenvalue weighted by Gasteiger charge is -2.37. The van der Waals surface area contributed by atoms with Gasteiger partial charge in [-0.1, -0.05) is 19.9 Å². The summed E-state index contributed by atoms with van der Waals surface area (Å²) in [7, 11) is -3.55. The Morgan fingerprint density at radius 1 is 1.38 bits per heavy atom. The van der Waals surface area contributed by atoms with Crippen molar-refractivity contribution in [2.24, 2.45) is 0 Å². The van der Waals surface area contributed by atoms with Gasteiger partial charge in [0.2, 0.25) is 10.0 Å². The van der Waals surface area contributed by atoms with E-state index in [-0.39, 0.29) is 12.1 Å². The number of sulfonamides is 1. The fraction of sp³-hybridized carbons (Fsp3) is 0.600. The van der Waals surface area contributed by atoms with E-state index in [0.29, 0.717) is 30.2 Å². The number of hydrogen-bond donors (Lipinski definition) is 1. The number of nitrogens with two attached hydrogens (primary N) is 1. The number of benzene rings is 1. The monoisotopic (exact) mass is 312 g/mol. The van der Waals surface area contributed by atoms with Crippen LogP contribution in [-0.4, -0.2) is 38.0 Å². The van der Waals surface area contributed by atoms with Crippen molar-refractivity contribution >= 4 is 15.7 Å². The fourth-order valence-corrected chi connectivity index (χ4v) is 4.75. The highest BCUT2D eigenvalue weighted by Gasteiger charge is 2.36. The van der Waals surface area contributed by atoms with Crippen LogP contribution >= 0.6 is 0 Å². The van der Waals surface area contributed by atoms with Gasteiger partial charge in [0.15, 0.2) is 0 Å². The molecule has 1 aliphatic rings. The van der Waals surface area contributed by atoms with Gasteiger partial charge < -0.3 is 10.5 Å². The van der Waals surface area contributed by atoms with E-state index in [2.05, 4.69) is 0 Å². The minimum atomic E-state index is -3.55. The molecule has 21 heavy (non-hydrogen) atoms. The second-order valence-electron chi connectivity index (χ2n) is 5.50. The van der Waals surface area contributed by atoms with Crippen molar-refractivity contribution in [2.45, 2.75) is 50.7 Å². The molecule has 2 unspecified atom stereocenters. The van der Waals surface area contributed by atoms with Gasteiger partial charge in [-0.3, -0.25) is 0 Å². The van der Waals surface area contributed by atoms with Gasteiger partial charge in [-0.15, -0.1) is 0 Å². The summed E-state index contributed by atoms with van der Waals surface area (Å²) in [5, 5.41) is 0. The Balaban J connectivity index is 2.47. The van der Waals surface area contributed by atoms with E-state index in [1.165, 1.54) is 0 Å². The molecule has 1 aromatic rings. The van der Waals surface area contributed by atoms with Gasteiger partial charge in [-0.05, 0) is 37.5 Å². The summed E-state index contributed by atoms with van der Waals surface area (Å²) < 4.78 is 33.3. The first-order chi connectivity index (χ1) is 9.90. The summed E-state index contributed by atoms with van der Waals surface area (Å²) in [4.78, 5) is 0.331. The normalized spacial score (nSPS) is 24.1. The molecule has 5 nitrogen and oxygen atoms in total. The molecule has 6 heteroatoms. The molecule has 2 N–H and O–H groups in total. The van der Waals surface area contributed by atoms with Crippen LogP contribution in [0.2, 0.25) is 0 Å². The van der Waals surface area contributed by atoms with Crippen molar-refractivity contribution in [1.29, 1.82) is 0 Å². The van der Waals surface area contributed by atoms with Crippen molar-refractivity contribution in [1.82, 2.24) is 4.31 Å². The maximum atomic E-state index is 13.0. The molecule has 1 aliphatic heterocycles. The Morgan fingerprint density at radius 3 is 2.71 bits per heavy atom. The molecular formula is C15H24N2O3S. The van der Waals surface area contributed by atoms with E-state index >= 15 is 0 Å². The SMILES string of the molecule is CCc1ccc(N)cc1S(=O)(=O)N1CC(C)OCC1CC. The molecular weight excluding hydrogens is 288 g/mol. The average molecular weight is 312 g/mol. The van der Waals surface area contributed by atoms with Crippen molar-refractivity contribution in [2.75, 3.05) is 18.9 Å². The van der Waals surface area contributed by atoms with Crippen molar-refractivity contribution in [3.63, 3.8) is 0 Å². The predicted molar refractivity (Wildman–Crippen MR) is 83.6 cm³/mol. The van der Waals surface area contributed by atoms with E-state index in [0.717, 1.165) is 12.0 Å². The molecule has 2 atom stereocenters. The molecule has 0 bridgehead atoms. The van der Waals surface area contributed by atoms with E-state index in [9.17, 15) is 8.42 Å². The molecule has 0 saturated carbocycles. The third-order valence-electron chi connectivity index (χ3n) is 3.95. The molecule has 0 spiro atoms. The second kappa shape index (κ2) is 6.34. The van der Waals surface area contributed by atoms with Gasteiger partial charge in [-0.25, -0.2) is 8.42 Å². The lowest BCUT2D eigenvalue weighted by molar-refractivity contribution is -0.0230. The highest BCUT2D eigenvalue weighted by molar-refractivity contribution is 7.89. The fourth-order valence-electron chi connectivity index (χ4n) is 2.66. The summed E-state index contributed by atoms with van der Waals surface area (Å²) in [5.74, 6) is 0. The molecule has 0 radical (unpaired) electrons. The first-order valence-electron chi connectivity index (χ1n) is 7.42. The summed E-state index contributed by atoms with van der Waals surface area (Å²) in [5.41, 5.74) is 7.07. The number of nitrogen functional groups attached to an aromatic ring is 1. The summed E-state index contributed by atoms with van der Waals surface area (Å²) in [6, 6.07) is 5.00. The Kier molecular flexibility index (Phi) is 4.91. The molecule has 1 heterocycles. The van der Waals surface area contributed by atoms with Gasteiger partial charge in [-0.2, -0.15) is 4.31 Å². The summed E-state index contributed by atoms with van der Waals surface area (Å²) in [6.07, 6.45) is 1.30. The van der Waals surface area contributed by atoms with Crippen LogP contribution in [0.15, 0.2) is 23.1 Å². The zero-order valence-corrected chi connectivity index (χ0v) is 13.7. The average Bonchev–Trinajstić information content (AvgIpc) is 2.47. The molecule has 1 aromatic carbocycles. The van der Waals surface area contributed by atoms with E-state index < -0.39 is 10.0 Å². The van der Waals surface area contributed by atoms with Gasteiger partial charge >= 0.3 is 0 Å². The smallest absolute Gasteiger partial charge is 0.243 e. The first-order valence-corrected chi connectivity index (χ1v) is 8.86. The minimum absolute atomic E-state index is 0.0892. The lowest BCUT2D eigenvalue weighted by atomic mass is 10.1.